The van der Waals surface area contributed by atoms with Gasteiger partial charge in [-0.1, -0.05) is 11.6 Å². The minimum Gasteiger partial charge on any atom is -0.490 e. The number of morpholine rings is 2. The summed E-state index contributed by atoms with van der Waals surface area (Å²) < 4.78 is 19.3. The van der Waals surface area contributed by atoms with Gasteiger partial charge in [-0.15, -0.1) is 0 Å². The lowest BCUT2D eigenvalue weighted by Gasteiger charge is -2.44. The van der Waals surface area contributed by atoms with Gasteiger partial charge in [-0.3, -0.25) is 9.59 Å². The van der Waals surface area contributed by atoms with Crippen molar-refractivity contribution in [3.63, 3.8) is 0 Å². The lowest BCUT2D eigenvalue weighted by Crippen LogP contribution is -2.61. The highest BCUT2D eigenvalue weighted by atomic mass is 35.5. The molecule has 2 aromatic rings. The molecule has 0 radical (unpaired) electrons. The van der Waals surface area contributed by atoms with E-state index in [1.165, 1.54) is 12.7 Å². The van der Waals surface area contributed by atoms with Gasteiger partial charge in [0.25, 0.3) is 0 Å². The molecule has 2 aliphatic rings. The van der Waals surface area contributed by atoms with Crippen molar-refractivity contribution in [3.8, 4) is 5.75 Å². The summed E-state index contributed by atoms with van der Waals surface area (Å²) in [6.45, 7) is 8.61. The first-order valence-corrected chi connectivity index (χ1v) is 12.1. The molecule has 2 aliphatic heterocycles. The molecule has 0 bridgehead atoms. The number of hydrogen-bond acceptors (Lipinski definition) is 7. The van der Waals surface area contributed by atoms with E-state index in [0.717, 1.165) is 5.56 Å². The maximum absolute atomic E-state index is 13.6. The number of aromatic nitrogens is 3. The quantitative estimate of drug-likeness (QED) is 0.566. The molecule has 0 spiro atoms. The van der Waals surface area contributed by atoms with Crippen LogP contribution < -0.4 is 4.74 Å². The van der Waals surface area contributed by atoms with Gasteiger partial charge in [-0.25, -0.2) is 9.67 Å². The van der Waals surface area contributed by atoms with E-state index in [4.69, 9.17) is 25.8 Å². The number of rotatable bonds is 7. The Labute approximate surface area is 210 Å². The third-order valence-corrected chi connectivity index (χ3v) is 6.94. The fourth-order valence-corrected chi connectivity index (χ4v) is 4.48. The average molecular weight is 506 g/mol. The predicted molar refractivity (Wildman–Crippen MR) is 128 cm³/mol. The Morgan fingerprint density at radius 2 is 1.91 bits per heavy atom. The summed E-state index contributed by atoms with van der Waals surface area (Å²) in [4.78, 5) is 34.3. The maximum atomic E-state index is 13.6. The van der Waals surface area contributed by atoms with E-state index in [0.29, 0.717) is 50.2 Å². The topological polar surface area (TPSA) is 99.0 Å². The fraction of sp³-hybridized carbons (Fsp3) is 0.583. The summed E-state index contributed by atoms with van der Waals surface area (Å²) in [5, 5.41) is 4.81. The summed E-state index contributed by atoms with van der Waals surface area (Å²) in [5.41, 5.74) is -1.06. The second-order valence-electron chi connectivity index (χ2n) is 9.53. The van der Waals surface area contributed by atoms with E-state index in [9.17, 15) is 9.59 Å². The Morgan fingerprint density at radius 1 is 1.17 bits per heavy atom. The number of halogens is 1. The van der Waals surface area contributed by atoms with E-state index in [1.54, 1.807) is 40.5 Å². The zero-order valence-electron chi connectivity index (χ0n) is 20.4. The fourth-order valence-electron chi connectivity index (χ4n) is 4.37. The normalized spacial score (nSPS) is 21.1. The minimum absolute atomic E-state index is 0.0472. The van der Waals surface area contributed by atoms with Crippen LogP contribution >= 0.6 is 11.6 Å². The third kappa shape index (κ3) is 5.76. The number of carbonyl (C=O) groups is 2. The second kappa shape index (κ2) is 10.5. The van der Waals surface area contributed by atoms with Gasteiger partial charge in [0.15, 0.2) is 0 Å². The number of nitrogens with zero attached hydrogens (tertiary/aromatic N) is 5. The van der Waals surface area contributed by atoms with Crippen molar-refractivity contribution in [2.75, 3.05) is 52.6 Å². The molecule has 190 valence electrons. The first kappa shape index (κ1) is 25.4. The molecule has 35 heavy (non-hydrogen) atoms. The Hall–Kier alpha value is -2.69. The summed E-state index contributed by atoms with van der Waals surface area (Å²) in [6, 6.07) is 5.40. The molecule has 0 N–H and O–H groups in total. The molecule has 11 heteroatoms. The van der Waals surface area contributed by atoms with Gasteiger partial charge in [0.05, 0.1) is 32.8 Å². The van der Waals surface area contributed by atoms with Crippen LogP contribution in [-0.2, 0) is 24.6 Å². The maximum Gasteiger partial charge on any atom is 0.250 e. The van der Waals surface area contributed by atoms with E-state index in [2.05, 4.69) is 10.1 Å². The van der Waals surface area contributed by atoms with Crippen molar-refractivity contribution in [1.29, 1.82) is 0 Å². The van der Waals surface area contributed by atoms with Crippen molar-refractivity contribution in [1.82, 2.24) is 24.6 Å². The monoisotopic (exact) mass is 505 g/mol. The molecular formula is C24H32ClN5O5. The second-order valence-corrected chi connectivity index (χ2v) is 9.93. The zero-order valence-corrected chi connectivity index (χ0v) is 21.2. The van der Waals surface area contributed by atoms with Crippen molar-refractivity contribution in [3.05, 3.63) is 41.4 Å². The Morgan fingerprint density at radius 3 is 2.60 bits per heavy atom. The minimum atomic E-state index is -1.00. The standard InChI is InChI=1S/C24H32ClN5O5/c1-18-12-19(4-5-20(18)25)34-15-24(13-21(31)28-6-9-33-10-7-28)14-29(8-11-35-24)22(32)23(2,3)30-17-26-16-27-30/h4-5,12,16-17H,6-11,13-15H2,1-3H3/t24-/m1/s1. The smallest absolute Gasteiger partial charge is 0.250 e. The first-order valence-electron chi connectivity index (χ1n) is 11.7. The highest BCUT2D eigenvalue weighted by Gasteiger charge is 2.45. The van der Waals surface area contributed by atoms with Crippen LogP contribution in [0.5, 0.6) is 5.75 Å². The van der Waals surface area contributed by atoms with E-state index >= 15 is 0 Å². The molecule has 0 unspecified atom stereocenters. The number of carbonyl (C=O) groups excluding carboxylic acids is 2. The summed E-state index contributed by atoms with van der Waals surface area (Å²) in [7, 11) is 0. The van der Waals surface area contributed by atoms with Crippen molar-refractivity contribution < 1.29 is 23.8 Å². The van der Waals surface area contributed by atoms with Gasteiger partial charge in [-0.2, -0.15) is 5.10 Å². The molecule has 2 amide bonds. The van der Waals surface area contributed by atoms with Crippen molar-refractivity contribution in [2.24, 2.45) is 0 Å². The van der Waals surface area contributed by atoms with Crippen LogP contribution in [0.4, 0.5) is 0 Å². The molecule has 2 fully saturated rings. The van der Waals surface area contributed by atoms with Crippen molar-refractivity contribution >= 4 is 23.4 Å². The van der Waals surface area contributed by atoms with Gasteiger partial charge in [0, 0.05) is 24.7 Å². The molecule has 1 aromatic heterocycles. The van der Waals surface area contributed by atoms with Crippen LogP contribution in [0.2, 0.25) is 5.02 Å². The molecule has 0 saturated carbocycles. The van der Waals surface area contributed by atoms with Crippen LogP contribution in [0.3, 0.4) is 0 Å². The van der Waals surface area contributed by atoms with Crippen LogP contribution in [0, 0.1) is 6.92 Å². The Bertz CT molecular complexity index is 1040. The molecule has 2 saturated heterocycles. The number of benzene rings is 1. The highest BCUT2D eigenvalue weighted by Crippen LogP contribution is 2.29. The van der Waals surface area contributed by atoms with Crippen LogP contribution in [0.25, 0.3) is 0 Å². The molecule has 1 atom stereocenters. The van der Waals surface area contributed by atoms with Crippen molar-refractivity contribution in [2.45, 2.75) is 38.3 Å². The number of aryl methyl sites for hydroxylation is 1. The predicted octanol–water partition coefficient (Wildman–Crippen LogP) is 1.90. The highest BCUT2D eigenvalue weighted by molar-refractivity contribution is 6.31. The number of ether oxygens (including phenoxy) is 3. The molecule has 0 aliphatic carbocycles. The molecular weight excluding hydrogens is 474 g/mol. The number of amides is 2. The first-order chi connectivity index (χ1) is 16.7. The van der Waals surface area contributed by atoms with Gasteiger partial charge < -0.3 is 24.0 Å². The van der Waals surface area contributed by atoms with Crippen LogP contribution in [0.1, 0.15) is 25.8 Å². The summed E-state index contributed by atoms with van der Waals surface area (Å²) >= 11 is 6.15. The average Bonchev–Trinajstić information content (AvgIpc) is 3.41. The molecule has 1 aromatic carbocycles. The lowest BCUT2D eigenvalue weighted by molar-refractivity contribution is -0.171. The lowest BCUT2D eigenvalue weighted by atomic mass is 9.94. The molecule has 3 heterocycles. The van der Waals surface area contributed by atoms with E-state index in [1.807, 2.05) is 13.0 Å². The molecule has 10 nitrogen and oxygen atoms in total. The van der Waals surface area contributed by atoms with Gasteiger partial charge in [0.2, 0.25) is 11.8 Å². The Balaban J connectivity index is 1.55. The van der Waals surface area contributed by atoms with Gasteiger partial charge in [0.1, 0.15) is 36.2 Å². The third-order valence-electron chi connectivity index (χ3n) is 6.52. The zero-order chi connectivity index (χ0) is 25.1. The van der Waals surface area contributed by atoms with Crippen LogP contribution in [-0.4, -0.2) is 94.6 Å². The van der Waals surface area contributed by atoms with E-state index < -0.39 is 11.1 Å². The Kier molecular flexibility index (Phi) is 7.63. The summed E-state index contributed by atoms with van der Waals surface area (Å²) in [5.74, 6) is 0.450. The molecule has 4 rings (SSSR count). The van der Waals surface area contributed by atoms with Gasteiger partial charge >= 0.3 is 0 Å². The van der Waals surface area contributed by atoms with Crippen LogP contribution in [0.15, 0.2) is 30.9 Å². The van der Waals surface area contributed by atoms with E-state index in [-0.39, 0.29) is 31.4 Å². The summed E-state index contributed by atoms with van der Waals surface area (Å²) in [6.07, 6.45) is 3.02. The van der Waals surface area contributed by atoms with Gasteiger partial charge in [-0.05, 0) is 44.5 Å². The SMILES string of the molecule is Cc1cc(OC[C@@]2(CC(=O)N3CCOCC3)CN(C(=O)C(C)(C)n3cncn3)CCO2)ccc1Cl. The largest absolute Gasteiger partial charge is 0.490 e. The number of hydrogen-bond donors (Lipinski definition) is 0.